The van der Waals surface area contributed by atoms with Crippen molar-refractivity contribution in [2.75, 3.05) is 31.5 Å². The molecule has 0 aliphatic carbocycles. The summed E-state index contributed by atoms with van der Waals surface area (Å²) in [5.74, 6) is 2.29. The normalized spacial score (nSPS) is 19.9. The molecule has 37 heavy (non-hydrogen) atoms. The Morgan fingerprint density at radius 2 is 2.05 bits per heavy atom. The van der Waals surface area contributed by atoms with Gasteiger partial charge in [-0.25, -0.2) is 4.98 Å². The Balaban J connectivity index is 1.19. The molecule has 8 nitrogen and oxygen atoms in total. The third-order valence-corrected chi connectivity index (χ3v) is 8.15. The minimum atomic E-state index is 0.0520. The number of piperidine rings is 1. The Kier molecular flexibility index (Phi) is 6.20. The van der Waals surface area contributed by atoms with Crippen molar-refractivity contribution in [2.45, 2.75) is 44.8 Å². The van der Waals surface area contributed by atoms with Crippen molar-refractivity contribution in [1.82, 2.24) is 24.6 Å². The zero-order valence-corrected chi connectivity index (χ0v) is 21.6. The average Bonchev–Trinajstić information content (AvgIpc) is 3.53. The molecule has 3 aliphatic heterocycles. The molecule has 1 atom stereocenters. The van der Waals surface area contributed by atoms with E-state index in [-0.39, 0.29) is 5.91 Å². The summed E-state index contributed by atoms with van der Waals surface area (Å²) in [7, 11) is 1.93. The average molecular weight is 499 g/mol. The van der Waals surface area contributed by atoms with Crippen molar-refractivity contribution in [3.8, 4) is 16.9 Å². The Hall–Kier alpha value is -3.65. The van der Waals surface area contributed by atoms with Crippen LogP contribution in [0.2, 0.25) is 0 Å². The largest absolute Gasteiger partial charge is 0.486 e. The minimum absolute atomic E-state index is 0.0520. The number of nitrogens with one attached hydrogen (secondary N) is 1. The fraction of sp³-hybridized carbons (Fsp3) is 0.414. The number of amides is 1. The number of hydrogen-bond acceptors (Lipinski definition) is 6. The predicted octanol–water partition coefficient (Wildman–Crippen LogP) is 4.39. The molecule has 5 heterocycles. The molecule has 2 saturated heterocycles. The summed E-state index contributed by atoms with van der Waals surface area (Å²) < 4.78 is 8.18. The van der Waals surface area contributed by atoms with Crippen LogP contribution >= 0.6 is 0 Å². The number of pyridine rings is 1. The molecule has 3 aliphatic rings. The second-order valence-electron chi connectivity index (χ2n) is 10.5. The van der Waals surface area contributed by atoms with E-state index in [1.165, 1.54) is 11.6 Å². The van der Waals surface area contributed by atoms with Crippen LogP contribution in [0.4, 0.5) is 11.5 Å². The number of aryl methyl sites for hydroxylation is 2. The Morgan fingerprint density at radius 3 is 2.81 bits per heavy atom. The second kappa shape index (κ2) is 9.67. The highest BCUT2D eigenvalue weighted by Crippen LogP contribution is 2.42. The van der Waals surface area contributed by atoms with Crippen LogP contribution in [0.1, 0.15) is 41.9 Å². The number of hydrogen-bond donors (Lipinski definition) is 1. The number of rotatable bonds is 4. The lowest BCUT2D eigenvalue weighted by Crippen LogP contribution is -2.43. The second-order valence-corrected chi connectivity index (χ2v) is 10.5. The standard InChI is InChI=1S/C29H34N6O2/c1-4-27(36)35-12-8-23(17-35)34-10-6-20(7-11-34)21-13-19(2)28-26(14-21)32-29-25(18-37-28)24(5-9-30-29)22-15-31-33(3)16-22/h4-5,9,13-16,20,23H,1,6-8,10-12,17-18H2,2-3H3,(H,30,32)/t23-/m1/s1. The fourth-order valence-electron chi connectivity index (χ4n) is 6.14. The third kappa shape index (κ3) is 4.50. The summed E-state index contributed by atoms with van der Waals surface area (Å²) in [4.78, 5) is 21.2. The summed E-state index contributed by atoms with van der Waals surface area (Å²) in [6.45, 7) is 10.0. The molecule has 192 valence electrons. The molecule has 0 bridgehead atoms. The van der Waals surface area contributed by atoms with Gasteiger partial charge in [-0.1, -0.05) is 12.6 Å². The third-order valence-electron chi connectivity index (χ3n) is 8.15. The highest BCUT2D eigenvalue weighted by Gasteiger charge is 2.32. The first kappa shape index (κ1) is 23.7. The van der Waals surface area contributed by atoms with Gasteiger partial charge in [0.05, 0.1) is 11.9 Å². The number of benzene rings is 1. The van der Waals surface area contributed by atoms with E-state index in [4.69, 9.17) is 4.74 Å². The molecule has 2 fully saturated rings. The maximum absolute atomic E-state index is 12.0. The summed E-state index contributed by atoms with van der Waals surface area (Å²) in [5.41, 5.74) is 6.68. The molecule has 3 aromatic rings. The Morgan fingerprint density at radius 1 is 1.22 bits per heavy atom. The molecule has 6 rings (SSSR count). The van der Waals surface area contributed by atoms with Crippen molar-refractivity contribution in [1.29, 1.82) is 0 Å². The topological polar surface area (TPSA) is 75.5 Å². The van der Waals surface area contributed by atoms with Gasteiger partial charge in [-0.3, -0.25) is 14.4 Å². The molecule has 2 aromatic heterocycles. The van der Waals surface area contributed by atoms with E-state index in [0.717, 1.165) is 85.0 Å². The number of fused-ring (bicyclic) bond motifs is 2. The number of anilines is 2. The van der Waals surface area contributed by atoms with Crippen LogP contribution in [0.25, 0.3) is 11.1 Å². The van der Waals surface area contributed by atoms with Gasteiger partial charge in [-0.05, 0) is 80.1 Å². The van der Waals surface area contributed by atoms with E-state index in [9.17, 15) is 4.79 Å². The van der Waals surface area contributed by atoms with Gasteiger partial charge in [0.15, 0.2) is 0 Å². The van der Waals surface area contributed by atoms with Gasteiger partial charge in [0.25, 0.3) is 0 Å². The van der Waals surface area contributed by atoms with Crippen LogP contribution in [0, 0.1) is 6.92 Å². The number of aromatic nitrogens is 3. The monoisotopic (exact) mass is 498 g/mol. The van der Waals surface area contributed by atoms with Crippen molar-refractivity contribution < 1.29 is 9.53 Å². The molecule has 1 amide bonds. The van der Waals surface area contributed by atoms with Crippen LogP contribution in [0.3, 0.4) is 0 Å². The van der Waals surface area contributed by atoms with Crippen molar-refractivity contribution in [2.24, 2.45) is 7.05 Å². The maximum atomic E-state index is 12.0. The number of likely N-dealkylation sites (tertiary alicyclic amines) is 2. The van der Waals surface area contributed by atoms with E-state index < -0.39 is 0 Å². The first-order valence-electron chi connectivity index (χ1n) is 13.2. The van der Waals surface area contributed by atoms with Gasteiger partial charge in [0, 0.05) is 49.7 Å². The summed E-state index contributed by atoms with van der Waals surface area (Å²) >= 11 is 0. The molecule has 0 saturated carbocycles. The van der Waals surface area contributed by atoms with Gasteiger partial charge in [0.1, 0.15) is 18.2 Å². The van der Waals surface area contributed by atoms with Crippen molar-refractivity contribution >= 4 is 17.4 Å². The molecule has 8 heteroatoms. The van der Waals surface area contributed by atoms with E-state index in [1.54, 1.807) is 0 Å². The van der Waals surface area contributed by atoms with Gasteiger partial charge in [-0.15, -0.1) is 0 Å². The van der Waals surface area contributed by atoms with E-state index in [0.29, 0.717) is 18.6 Å². The van der Waals surface area contributed by atoms with Crippen molar-refractivity contribution in [3.63, 3.8) is 0 Å². The van der Waals surface area contributed by atoms with Gasteiger partial charge in [0.2, 0.25) is 5.91 Å². The number of ether oxygens (including phenoxy) is 1. The van der Waals surface area contributed by atoms with Gasteiger partial charge < -0.3 is 15.0 Å². The molecular weight excluding hydrogens is 464 g/mol. The fourth-order valence-corrected chi connectivity index (χ4v) is 6.14. The molecule has 0 radical (unpaired) electrons. The SMILES string of the molecule is C=CC(=O)N1CC[C@@H](N2CCC(c3cc(C)c4c(c3)Nc3nccc(-c5cnn(C)c5)c3CO4)CC2)C1. The zero-order chi connectivity index (χ0) is 25.5. The summed E-state index contributed by atoms with van der Waals surface area (Å²) in [6.07, 6.45) is 10.5. The lowest BCUT2D eigenvalue weighted by Gasteiger charge is -2.36. The summed E-state index contributed by atoms with van der Waals surface area (Å²) in [6, 6.07) is 7.05. The quantitative estimate of drug-likeness (QED) is 0.538. The lowest BCUT2D eigenvalue weighted by atomic mass is 9.87. The van der Waals surface area contributed by atoms with Gasteiger partial charge in [-0.2, -0.15) is 5.10 Å². The van der Waals surface area contributed by atoms with Crippen LogP contribution in [0.5, 0.6) is 5.75 Å². The highest BCUT2D eigenvalue weighted by atomic mass is 16.5. The highest BCUT2D eigenvalue weighted by molar-refractivity contribution is 5.87. The first-order valence-corrected chi connectivity index (χ1v) is 13.2. The number of carbonyl (C=O) groups is 1. The summed E-state index contributed by atoms with van der Waals surface area (Å²) in [5, 5.41) is 7.93. The maximum Gasteiger partial charge on any atom is 0.246 e. The predicted molar refractivity (Wildman–Crippen MR) is 144 cm³/mol. The Bertz CT molecular complexity index is 1340. The van der Waals surface area contributed by atoms with Gasteiger partial charge >= 0.3 is 0 Å². The molecule has 0 spiro atoms. The minimum Gasteiger partial charge on any atom is -0.486 e. The smallest absolute Gasteiger partial charge is 0.246 e. The molecule has 1 aromatic carbocycles. The number of nitrogens with zero attached hydrogens (tertiary/aromatic N) is 5. The number of carbonyl (C=O) groups excluding carboxylic acids is 1. The van der Waals surface area contributed by atoms with Crippen molar-refractivity contribution in [3.05, 3.63) is 66.1 Å². The van der Waals surface area contributed by atoms with Crippen LogP contribution < -0.4 is 10.1 Å². The van der Waals surface area contributed by atoms with E-state index in [2.05, 4.69) is 45.9 Å². The zero-order valence-electron chi connectivity index (χ0n) is 21.6. The van der Waals surface area contributed by atoms with E-state index in [1.807, 2.05) is 41.3 Å². The van der Waals surface area contributed by atoms with Crippen LogP contribution in [-0.4, -0.2) is 62.7 Å². The Labute approximate surface area is 217 Å². The lowest BCUT2D eigenvalue weighted by molar-refractivity contribution is -0.125. The van der Waals surface area contributed by atoms with Crippen LogP contribution in [0.15, 0.2) is 49.4 Å². The molecule has 0 unspecified atom stereocenters. The van der Waals surface area contributed by atoms with E-state index >= 15 is 0 Å². The van der Waals surface area contributed by atoms with Crippen LogP contribution in [-0.2, 0) is 18.4 Å². The molecule has 1 N–H and O–H groups in total. The molecular formula is C29H34N6O2. The first-order chi connectivity index (χ1) is 18.0.